The molecule has 0 amide bonds. The fourth-order valence-electron chi connectivity index (χ4n) is 4.63. The van der Waals surface area contributed by atoms with Gasteiger partial charge in [-0.2, -0.15) is 0 Å². The Labute approximate surface area is 230 Å². The molecule has 0 unspecified atom stereocenters. The first-order valence-electron chi connectivity index (χ1n) is 11.7. The predicted octanol–water partition coefficient (Wildman–Crippen LogP) is 11.1. The van der Waals surface area contributed by atoms with Gasteiger partial charge in [0.15, 0.2) is 0 Å². The number of benzene rings is 2. The van der Waals surface area contributed by atoms with Crippen LogP contribution in [0.25, 0.3) is 10.2 Å². The molecule has 0 spiro atoms. The maximum atomic E-state index is 5.53. The van der Waals surface area contributed by atoms with Crippen LogP contribution in [0.15, 0.2) is 0 Å². The molecule has 2 rings (SSSR count). The van der Waals surface area contributed by atoms with E-state index in [4.69, 9.17) is 10.2 Å². The van der Waals surface area contributed by atoms with Gasteiger partial charge in [-0.3, -0.25) is 0 Å². The third-order valence-electron chi connectivity index (χ3n) is 8.47. The molecule has 2 aromatic carbocycles. The minimum atomic E-state index is -1.61. The van der Waals surface area contributed by atoms with Crippen molar-refractivity contribution in [3.05, 3.63) is 80.7 Å². The van der Waals surface area contributed by atoms with Crippen molar-refractivity contribution < 1.29 is 16.5 Å². The Balaban J connectivity index is 0. The molecule has 35 heavy (non-hydrogen) atoms. The molecule has 5 heteroatoms. The molecule has 0 bridgehead atoms. The molecule has 0 fully saturated rings. The van der Waals surface area contributed by atoms with Crippen LogP contribution in [0.2, 0.25) is 0 Å². The zero-order valence-electron chi connectivity index (χ0n) is 25.7. The van der Waals surface area contributed by atoms with Crippen LogP contribution in [0.5, 0.6) is 0 Å². The Hall–Kier alpha value is -0.606. The molecule has 0 saturated carbocycles. The molecule has 204 valence electrons. The standard InChI is InChI=1S/C28H46N2P2.2CH3.Ni/c1-16-18(3)22(7)27(23(8)19(16)4)29-31(12,13)26(11)32(14,15)30-28-24(9)20(5)17(2)21(6)25(28)10;;;/h26H,1-15H3;2*1H3;/q;2*-1;. The van der Waals surface area contributed by atoms with Gasteiger partial charge in [0, 0.05) is 50.1 Å². The van der Waals surface area contributed by atoms with E-state index in [-0.39, 0.29) is 31.3 Å². The van der Waals surface area contributed by atoms with Gasteiger partial charge in [-0.25, -0.2) is 0 Å². The molecule has 0 aliphatic heterocycles. The number of hydrogen-bond donors (Lipinski definition) is 0. The van der Waals surface area contributed by atoms with Gasteiger partial charge in [-0.1, -0.05) is 22.3 Å². The smallest absolute Gasteiger partial charge is 0.146 e. The molecule has 0 radical (unpaired) electrons. The van der Waals surface area contributed by atoms with Crippen LogP contribution in [0.4, 0.5) is 11.4 Å². The predicted molar refractivity (Wildman–Crippen MR) is 166 cm³/mol. The van der Waals surface area contributed by atoms with Crippen molar-refractivity contribution >= 4 is 26.2 Å². The molecule has 0 N–H and O–H groups in total. The summed E-state index contributed by atoms with van der Waals surface area (Å²) in [5.41, 5.74) is 16.2. The van der Waals surface area contributed by atoms with E-state index in [0.717, 1.165) is 0 Å². The van der Waals surface area contributed by atoms with Crippen molar-refractivity contribution in [2.75, 3.05) is 26.7 Å². The van der Waals surface area contributed by atoms with Crippen molar-refractivity contribution in [1.29, 1.82) is 0 Å². The van der Waals surface area contributed by atoms with Crippen LogP contribution in [0.3, 0.4) is 0 Å². The van der Waals surface area contributed by atoms with Gasteiger partial charge in [-0.05, 0) is 117 Å². The Morgan fingerprint density at radius 2 is 0.600 bits per heavy atom. The van der Waals surface area contributed by atoms with E-state index in [9.17, 15) is 0 Å². The van der Waals surface area contributed by atoms with Crippen LogP contribution in [-0.4, -0.2) is 32.1 Å². The van der Waals surface area contributed by atoms with Gasteiger partial charge in [0.2, 0.25) is 0 Å². The van der Waals surface area contributed by atoms with Crippen LogP contribution in [0.1, 0.15) is 62.6 Å². The molecule has 0 saturated heterocycles. The van der Waals surface area contributed by atoms with Crippen LogP contribution < -0.4 is 0 Å². The SMILES string of the molecule is Cc1c(C)c(C)c([N-][P+](C)(C)C(C)[P+](C)(C)[N-]c2c(C)c(C)c(C)c(C)c2C)c(C)c1C.[CH3-].[CH3-].[Ni]. The fraction of sp³-hybridized carbons (Fsp3) is 0.533. The maximum absolute atomic E-state index is 5.53. The van der Waals surface area contributed by atoms with E-state index >= 15 is 0 Å². The van der Waals surface area contributed by atoms with E-state index < -0.39 is 14.8 Å². The average Bonchev–Trinajstić information content (AvgIpc) is 2.73. The van der Waals surface area contributed by atoms with Gasteiger partial charge in [0.25, 0.3) is 0 Å². The van der Waals surface area contributed by atoms with Gasteiger partial charge in [-0.15, -0.1) is 11.4 Å². The van der Waals surface area contributed by atoms with E-state index in [2.05, 4.69) is 103 Å². The van der Waals surface area contributed by atoms with Crippen molar-refractivity contribution in [1.82, 2.24) is 0 Å². The summed E-state index contributed by atoms with van der Waals surface area (Å²) < 4.78 is 0. The Kier molecular flexibility index (Phi) is 13.3. The largest absolute Gasteiger partial charge is 0.519 e. The first-order valence-corrected chi connectivity index (χ1v) is 17.1. The number of hydrogen-bond acceptors (Lipinski definition) is 0. The molecule has 0 aromatic heterocycles. The molecule has 2 aromatic rings. The summed E-state index contributed by atoms with van der Waals surface area (Å²) in [5.74, 6) is 0. The second-order valence-corrected chi connectivity index (χ2v) is 19.0. The third kappa shape index (κ3) is 6.83. The van der Waals surface area contributed by atoms with Crippen LogP contribution >= 0.6 is 14.8 Å². The Morgan fingerprint density at radius 1 is 0.429 bits per heavy atom. The maximum Gasteiger partial charge on any atom is 0.146 e. The van der Waals surface area contributed by atoms with Crippen molar-refractivity contribution in [2.24, 2.45) is 0 Å². The summed E-state index contributed by atoms with van der Waals surface area (Å²) in [4.78, 5) is 0. The summed E-state index contributed by atoms with van der Waals surface area (Å²) in [7, 11) is -3.21. The topological polar surface area (TPSA) is 28.2 Å². The molecule has 0 aliphatic carbocycles. The first-order chi connectivity index (χ1) is 14.5. The fourth-order valence-corrected chi connectivity index (χ4v) is 12.4. The van der Waals surface area contributed by atoms with Gasteiger partial charge < -0.3 is 25.0 Å². The van der Waals surface area contributed by atoms with E-state index in [1.54, 1.807) is 0 Å². The van der Waals surface area contributed by atoms with Crippen molar-refractivity contribution in [3.8, 4) is 0 Å². The van der Waals surface area contributed by atoms with Crippen LogP contribution in [-0.2, 0) is 16.5 Å². The van der Waals surface area contributed by atoms with Crippen LogP contribution in [0, 0.1) is 84.1 Å². The monoisotopic (exact) mass is 560 g/mol. The Bertz CT molecular complexity index is 914. The summed E-state index contributed by atoms with van der Waals surface area (Å²) in [6.07, 6.45) is 0. The second kappa shape index (κ2) is 12.8. The van der Waals surface area contributed by atoms with Crippen molar-refractivity contribution in [2.45, 2.75) is 81.6 Å². The normalized spacial score (nSPS) is 11.4. The van der Waals surface area contributed by atoms with Gasteiger partial charge in [0.05, 0.1) is 0 Å². The molecule has 0 aliphatic rings. The third-order valence-corrected chi connectivity index (χ3v) is 16.9. The quantitative estimate of drug-likeness (QED) is 0.191. The van der Waals surface area contributed by atoms with Gasteiger partial charge >= 0.3 is 0 Å². The number of nitrogens with zero attached hydrogens (tertiary/aromatic N) is 2. The molecule has 2 nitrogen and oxygen atoms in total. The molecule has 0 atom stereocenters. The van der Waals surface area contributed by atoms with Gasteiger partial charge in [0.1, 0.15) is 5.40 Å². The number of rotatable bonds is 6. The second-order valence-electron chi connectivity index (χ2n) is 10.7. The molecular weight excluding hydrogens is 509 g/mol. The average molecular weight is 561 g/mol. The molecular formula is C30H52N2NiP2-2. The zero-order valence-corrected chi connectivity index (χ0v) is 28.5. The van der Waals surface area contributed by atoms with E-state index in [0.29, 0.717) is 5.40 Å². The zero-order chi connectivity index (χ0) is 24.9. The minimum absolute atomic E-state index is 0. The Morgan fingerprint density at radius 3 is 0.800 bits per heavy atom. The van der Waals surface area contributed by atoms with E-state index in [1.165, 1.54) is 67.0 Å². The first kappa shape index (κ1) is 36.5. The summed E-state index contributed by atoms with van der Waals surface area (Å²) >= 11 is 0. The van der Waals surface area contributed by atoms with Crippen molar-refractivity contribution in [3.63, 3.8) is 0 Å². The summed E-state index contributed by atoms with van der Waals surface area (Å²) in [6, 6.07) is 0. The molecule has 0 heterocycles. The summed E-state index contributed by atoms with van der Waals surface area (Å²) in [6.45, 7) is 34.4. The minimum Gasteiger partial charge on any atom is -0.519 e. The summed E-state index contributed by atoms with van der Waals surface area (Å²) in [5, 5.41) is 11.5. The van der Waals surface area contributed by atoms with E-state index in [1.807, 2.05) is 0 Å².